The summed E-state index contributed by atoms with van der Waals surface area (Å²) < 4.78 is 0.380. The van der Waals surface area contributed by atoms with Gasteiger partial charge in [0.1, 0.15) is 18.6 Å². The van der Waals surface area contributed by atoms with Crippen LogP contribution in [0.4, 0.5) is 11.5 Å². The smallest absolute Gasteiger partial charge is 0.323 e. The number of aliphatic carboxylic acids is 1. The standard InChI is InChI=1S/C8H8BrN3O4/c1-11(4-7(13)14)8-6(9)2-5(3-10-8)12(15)16/h2-3H,4H2,1H3,(H,13,14). The van der Waals surface area contributed by atoms with Crippen molar-refractivity contribution in [3.63, 3.8) is 0 Å². The Balaban J connectivity index is 2.98. The highest BCUT2D eigenvalue weighted by atomic mass is 79.9. The van der Waals surface area contributed by atoms with E-state index in [4.69, 9.17) is 5.11 Å². The fraction of sp³-hybridized carbons (Fsp3) is 0.250. The minimum absolute atomic E-state index is 0.153. The van der Waals surface area contributed by atoms with Crippen LogP contribution in [0.25, 0.3) is 0 Å². The lowest BCUT2D eigenvalue weighted by Gasteiger charge is -2.16. The first-order chi connectivity index (χ1) is 7.41. The van der Waals surface area contributed by atoms with Gasteiger partial charge in [-0.3, -0.25) is 14.9 Å². The quantitative estimate of drug-likeness (QED) is 0.662. The van der Waals surface area contributed by atoms with Crippen LogP contribution in [0.1, 0.15) is 0 Å². The Morgan fingerprint density at radius 2 is 2.38 bits per heavy atom. The van der Waals surface area contributed by atoms with Crippen LogP contribution in [0.5, 0.6) is 0 Å². The number of anilines is 1. The molecule has 8 heteroatoms. The summed E-state index contributed by atoms with van der Waals surface area (Å²) in [5.74, 6) is -0.664. The number of rotatable bonds is 4. The summed E-state index contributed by atoms with van der Waals surface area (Å²) in [4.78, 5) is 25.6. The normalized spacial score (nSPS) is 9.88. The Hall–Kier alpha value is -1.70. The number of halogens is 1. The average molecular weight is 290 g/mol. The Bertz CT molecular complexity index is 437. The van der Waals surface area contributed by atoms with Gasteiger partial charge in [-0.2, -0.15) is 0 Å². The maximum Gasteiger partial charge on any atom is 0.323 e. The van der Waals surface area contributed by atoms with Gasteiger partial charge in [-0.1, -0.05) is 0 Å². The van der Waals surface area contributed by atoms with Crippen molar-refractivity contribution in [2.24, 2.45) is 0 Å². The minimum atomic E-state index is -1.01. The fourth-order valence-electron chi connectivity index (χ4n) is 1.08. The van der Waals surface area contributed by atoms with Crippen molar-refractivity contribution < 1.29 is 14.8 Å². The summed E-state index contributed by atoms with van der Waals surface area (Å²) in [5.41, 5.74) is -0.153. The molecule has 1 N–H and O–H groups in total. The number of carbonyl (C=O) groups is 1. The number of hydrogen-bond acceptors (Lipinski definition) is 5. The van der Waals surface area contributed by atoms with E-state index in [0.29, 0.717) is 10.3 Å². The summed E-state index contributed by atoms with van der Waals surface area (Å²) in [5, 5.41) is 19.0. The Morgan fingerprint density at radius 3 is 2.81 bits per heavy atom. The van der Waals surface area contributed by atoms with Gasteiger partial charge in [-0.15, -0.1) is 0 Å². The zero-order chi connectivity index (χ0) is 12.3. The van der Waals surface area contributed by atoms with Gasteiger partial charge >= 0.3 is 5.97 Å². The molecular weight excluding hydrogens is 282 g/mol. The van der Waals surface area contributed by atoms with Crippen LogP contribution in [0.3, 0.4) is 0 Å². The zero-order valence-electron chi connectivity index (χ0n) is 8.25. The SMILES string of the molecule is CN(CC(=O)O)c1ncc([N+](=O)[O-])cc1Br. The van der Waals surface area contributed by atoms with Gasteiger partial charge in [-0.25, -0.2) is 4.98 Å². The van der Waals surface area contributed by atoms with Gasteiger partial charge in [0.05, 0.1) is 9.40 Å². The molecule has 0 aliphatic heterocycles. The molecule has 0 spiro atoms. The van der Waals surface area contributed by atoms with Crippen molar-refractivity contribution >= 4 is 33.4 Å². The van der Waals surface area contributed by atoms with E-state index in [-0.39, 0.29) is 12.2 Å². The monoisotopic (exact) mass is 289 g/mol. The number of pyridine rings is 1. The van der Waals surface area contributed by atoms with Crippen LogP contribution in [0.15, 0.2) is 16.7 Å². The van der Waals surface area contributed by atoms with E-state index >= 15 is 0 Å². The van der Waals surface area contributed by atoms with Crippen molar-refractivity contribution in [2.45, 2.75) is 0 Å². The van der Waals surface area contributed by atoms with Crippen molar-refractivity contribution in [1.29, 1.82) is 0 Å². The third kappa shape index (κ3) is 2.89. The molecule has 0 aliphatic rings. The van der Waals surface area contributed by atoms with Crippen LogP contribution in [-0.2, 0) is 4.79 Å². The zero-order valence-corrected chi connectivity index (χ0v) is 9.84. The molecule has 0 aliphatic carbocycles. The topological polar surface area (TPSA) is 96.6 Å². The van der Waals surface area contributed by atoms with E-state index < -0.39 is 10.9 Å². The van der Waals surface area contributed by atoms with Gasteiger partial charge in [0.15, 0.2) is 0 Å². The summed E-state index contributed by atoms with van der Waals surface area (Å²) in [6.45, 7) is -0.233. The van der Waals surface area contributed by atoms with E-state index in [1.165, 1.54) is 18.0 Å². The molecule has 0 amide bonds. The van der Waals surface area contributed by atoms with Crippen molar-refractivity contribution in [2.75, 3.05) is 18.5 Å². The molecule has 1 rings (SSSR count). The third-order valence-electron chi connectivity index (χ3n) is 1.75. The number of carboxylic acids is 1. The van der Waals surface area contributed by atoms with Crippen molar-refractivity contribution in [3.05, 3.63) is 26.9 Å². The molecule has 0 fully saturated rings. The Kier molecular flexibility index (Phi) is 3.78. The molecule has 0 bridgehead atoms. The van der Waals surface area contributed by atoms with E-state index in [9.17, 15) is 14.9 Å². The molecule has 1 aromatic rings. The summed E-state index contributed by atoms with van der Waals surface area (Å²) >= 11 is 3.10. The highest BCUT2D eigenvalue weighted by Gasteiger charge is 2.14. The fourth-order valence-corrected chi connectivity index (χ4v) is 1.72. The number of aromatic nitrogens is 1. The predicted octanol–water partition coefficient (Wildman–Crippen LogP) is 1.27. The largest absolute Gasteiger partial charge is 0.480 e. The molecule has 1 heterocycles. The second kappa shape index (κ2) is 4.88. The molecule has 0 saturated heterocycles. The first kappa shape index (κ1) is 12.4. The molecule has 7 nitrogen and oxygen atoms in total. The Labute approximate surface area is 99.0 Å². The van der Waals surface area contributed by atoms with Crippen molar-refractivity contribution in [3.8, 4) is 0 Å². The van der Waals surface area contributed by atoms with Crippen LogP contribution in [0, 0.1) is 10.1 Å². The predicted molar refractivity (Wildman–Crippen MR) is 59.5 cm³/mol. The molecule has 0 atom stereocenters. The highest BCUT2D eigenvalue weighted by molar-refractivity contribution is 9.10. The average Bonchev–Trinajstić information content (AvgIpc) is 2.15. The molecule has 0 aromatic carbocycles. The lowest BCUT2D eigenvalue weighted by molar-refractivity contribution is -0.385. The van der Waals surface area contributed by atoms with Gasteiger partial charge in [-0.05, 0) is 15.9 Å². The number of nitro groups is 1. The second-order valence-corrected chi connectivity index (χ2v) is 3.86. The van der Waals surface area contributed by atoms with Gasteiger partial charge in [0, 0.05) is 13.1 Å². The highest BCUT2D eigenvalue weighted by Crippen LogP contribution is 2.26. The number of carboxylic acid groups (broad SMARTS) is 1. The van der Waals surface area contributed by atoms with Crippen LogP contribution < -0.4 is 4.90 Å². The van der Waals surface area contributed by atoms with Crippen LogP contribution in [-0.4, -0.2) is 34.6 Å². The third-order valence-corrected chi connectivity index (χ3v) is 2.34. The first-order valence-electron chi connectivity index (χ1n) is 4.14. The number of hydrogen-bond donors (Lipinski definition) is 1. The minimum Gasteiger partial charge on any atom is -0.480 e. The van der Waals surface area contributed by atoms with Crippen LogP contribution >= 0.6 is 15.9 Å². The maximum absolute atomic E-state index is 10.5. The Morgan fingerprint density at radius 1 is 1.75 bits per heavy atom. The first-order valence-corrected chi connectivity index (χ1v) is 4.94. The molecular formula is C8H8BrN3O4. The van der Waals surface area contributed by atoms with Gasteiger partial charge in [0.25, 0.3) is 5.69 Å². The number of likely N-dealkylation sites (N-methyl/N-ethyl adjacent to an activating group) is 1. The van der Waals surface area contributed by atoms with Gasteiger partial charge < -0.3 is 10.0 Å². The second-order valence-electron chi connectivity index (χ2n) is 3.01. The molecule has 0 saturated carbocycles. The molecule has 86 valence electrons. The van der Waals surface area contributed by atoms with E-state index in [1.807, 2.05) is 0 Å². The van der Waals surface area contributed by atoms with E-state index in [2.05, 4.69) is 20.9 Å². The van der Waals surface area contributed by atoms with Gasteiger partial charge in [0.2, 0.25) is 0 Å². The lowest BCUT2D eigenvalue weighted by Crippen LogP contribution is -2.26. The number of nitrogens with zero attached hydrogens (tertiary/aromatic N) is 3. The molecule has 0 radical (unpaired) electrons. The molecule has 16 heavy (non-hydrogen) atoms. The van der Waals surface area contributed by atoms with E-state index in [1.54, 1.807) is 0 Å². The maximum atomic E-state index is 10.5. The van der Waals surface area contributed by atoms with Crippen molar-refractivity contribution in [1.82, 2.24) is 4.98 Å². The summed E-state index contributed by atoms with van der Waals surface area (Å²) in [7, 11) is 1.53. The van der Waals surface area contributed by atoms with Crippen LogP contribution in [0.2, 0.25) is 0 Å². The van der Waals surface area contributed by atoms with E-state index in [0.717, 1.165) is 6.20 Å². The summed E-state index contributed by atoms with van der Waals surface area (Å²) in [6, 6.07) is 1.28. The molecule has 0 unspecified atom stereocenters. The lowest BCUT2D eigenvalue weighted by atomic mass is 10.4. The summed E-state index contributed by atoms with van der Waals surface area (Å²) in [6.07, 6.45) is 1.08. The molecule has 1 aromatic heterocycles.